The predicted octanol–water partition coefficient (Wildman–Crippen LogP) is 0.477. The minimum atomic E-state index is -3.29. The molecule has 0 heterocycles. The Kier molecular flexibility index (Phi) is 4.34. The summed E-state index contributed by atoms with van der Waals surface area (Å²) in [5.41, 5.74) is 0. The molecule has 1 fully saturated rings. The van der Waals surface area contributed by atoms with Gasteiger partial charge in [-0.2, -0.15) is 0 Å². The normalized spacial score (nSPS) is 20.4. The van der Waals surface area contributed by atoms with E-state index in [2.05, 4.69) is 4.72 Å². The van der Waals surface area contributed by atoms with Gasteiger partial charge in [0.05, 0.1) is 11.9 Å². The van der Waals surface area contributed by atoms with Crippen LogP contribution in [0.4, 0.5) is 0 Å². The highest BCUT2D eigenvalue weighted by molar-refractivity contribution is 7.90. The van der Waals surface area contributed by atoms with Crippen LogP contribution in [0.3, 0.4) is 0 Å². The standard InChI is InChI=1S/C9H19NO3S/c1-8(7-11)14(12,13)10-6-5-9-3-2-4-9/h8-11H,2-7H2,1H3. The predicted molar refractivity (Wildman–Crippen MR) is 55.4 cm³/mol. The number of nitrogens with one attached hydrogen (secondary N) is 1. The van der Waals surface area contributed by atoms with Gasteiger partial charge in [0, 0.05) is 6.54 Å². The lowest BCUT2D eigenvalue weighted by molar-refractivity contribution is 0.291. The van der Waals surface area contributed by atoms with Crippen molar-refractivity contribution in [2.75, 3.05) is 13.2 Å². The number of sulfonamides is 1. The smallest absolute Gasteiger partial charge is 0.216 e. The van der Waals surface area contributed by atoms with Gasteiger partial charge in [-0.25, -0.2) is 13.1 Å². The monoisotopic (exact) mass is 221 g/mol. The first-order valence-electron chi connectivity index (χ1n) is 5.15. The van der Waals surface area contributed by atoms with Crippen LogP contribution >= 0.6 is 0 Å². The Balaban J connectivity index is 2.21. The van der Waals surface area contributed by atoms with Crippen LogP contribution in [-0.2, 0) is 10.0 Å². The summed E-state index contributed by atoms with van der Waals surface area (Å²) < 4.78 is 25.3. The highest BCUT2D eigenvalue weighted by Crippen LogP contribution is 2.28. The molecule has 1 atom stereocenters. The molecule has 1 rings (SSSR count). The molecule has 0 aromatic rings. The highest BCUT2D eigenvalue weighted by Gasteiger charge is 2.21. The van der Waals surface area contributed by atoms with E-state index in [9.17, 15) is 8.42 Å². The van der Waals surface area contributed by atoms with Crippen molar-refractivity contribution in [2.45, 2.75) is 37.9 Å². The quantitative estimate of drug-likeness (QED) is 0.685. The maximum absolute atomic E-state index is 11.4. The third-order valence-corrected chi connectivity index (χ3v) is 4.68. The molecule has 0 aliphatic heterocycles. The molecule has 0 aromatic carbocycles. The Morgan fingerprint density at radius 2 is 2.14 bits per heavy atom. The SMILES string of the molecule is CC(CO)S(=O)(=O)NCCC1CCC1. The van der Waals surface area contributed by atoms with Crippen molar-refractivity contribution in [1.29, 1.82) is 0 Å². The Bertz CT molecular complexity index is 259. The number of hydrogen-bond donors (Lipinski definition) is 2. The largest absolute Gasteiger partial charge is 0.395 e. The van der Waals surface area contributed by atoms with E-state index in [-0.39, 0.29) is 6.61 Å². The second kappa shape index (κ2) is 5.09. The molecule has 0 amide bonds. The zero-order valence-electron chi connectivity index (χ0n) is 8.57. The minimum absolute atomic E-state index is 0.321. The molecule has 0 aromatic heterocycles. The van der Waals surface area contributed by atoms with Crippen molar-refractivity contribution in [3.05, 3.63) is 0 Å². The van der Waals surface area contributed by atoms with Gasteiger partial charge < -0.3 is 5.11 Å². The summed E-state index contributed by atoms with van der Waals surface area (Å²) in [6, 6.07) is 0. The number of aliphatic hydroxyl groups excluding tert-OH is 1. The Hall–Kier alpha value is -0.130. The van der Waals surface area contributed by atoms with Gasteiger partial charge in [0.2, 0.25) is 10.0 Å². The zero-order chi connectivity index (χ0) is 10.6. The average molecular weight is 221 g/mol. The third-order valence-electron chi connectivity index (χ3n) is 2.87. The first-order chi connectivity index (χ1) is 6.56. The molecular formula is C9H19NO3S. The van der Waals surface area contributed by atoms with Gasteiger partial charge in [0.15, 0.2) is 0 Å². The average Bonchev–Trinajstić information content (AvgIpc) is 2.08. The lowest BCUT2D eigenvalue weighted by Gasteiger charge is -2.25. The maximum Gasteiger partial charge on any atom is 0.216 e. The summed E-state index contributed by atoms with van der Waals surface area (Å²) in [5.74, 6) is 0.710. The Morgan fingerprint density at radius 3 is 2.57 bits per heavy atom. The molecule has 1 saturated carbocycles. The Morgan fingerprint density at radius 1 is 1.50 bits per heavy atom. The van der Waals surface area contributed by atoms with Gasteiger partial charge in [-0.05, 0) is 19.3 Å². The molecule has 5 heteroatoms. The fraction of sp³-hybridized carbons (Fsp3) is 1.00. The van der Waals surface area contributed by atoms with Crippen LogP contribution in [0.1, 0.15) is 32.6 Å². The van der Waals surface area contributed by atoms with E-state index >= 15 is 0 Å². The first-order valence-corrected chi connectivity index (χ1v) is 6.70. The second-order valence-electron chi connectivity index (χ2n) is 4.02. The lowest BCUT2D eigenvalue weighted by Crippen LogP contribution is -2.36. The van der Waals surface area contributed by atoms with E-state index < -0.39 is 15.3 Å². The number of rotatable bonds is 6. The van der Waals surface area contributed by atoms with Crippen LogP contribution in [-0.4, -0.2) is 31.9 Å². The second-order valence-corrected chi connectivity index (χ2v) is 6.20. The summed E-state index contributed by atoms with van der Waals surface area (Å²) in [4.78, 5) is 0. The van der Waals surface area contributed by atoms with Crippen molar-refractivity contribution >= 4 is 10.0 Å². The molecule has 4 nitrogen and oxygen atoms in total. The summed E-state index contributed by atoms with van der Waals surface area (Å²) >= 11 is 0. The molecule has 0 spiro atoms. The topological polar surface area (TPSA) is 66.4 Å². The third kappa shape index (κ3) is 3.22. The molecule has 0 radical (unpaired) electrons. The van der Waals surface area contributed by atoms with Crippen molar-refractivity contribution in [3.8, 4) is 0 Å². The van der Waals surface area contributed by atoms with Crippen LogP contribution in [0, 0.1) is 5.92 Å². The number of hydrogen-bond acceptors (Lipinski definition) is 3. The number of aliphatic hydroxyl groups is 1. The van der Waals surface area contributed by atoms with Gasteiger partial charge >= 0.3 is 0 Å². The maximum atomic E-state index is 11.4. The van der Waals surface area contributed by atoms with Crippen LogP contribution < -0.4 is 4.72 Å². The molecule has 1 aliphatic carbocycles. The molecule has 0 bridgehead atoms. The molecule has 2 N–H and O–H groups in total. The minimum Gasteiger partial charge on any atom is -0.395 e. The first kappa shape index (κ1) is 11.9. The van der Waals surface area contributed by atoms with E-state index in [1.807, 2.05) is 0 Å². The van der Waals surface area contributed by atoms with E-state index in [0.717, 1.165) is 6.42 Å². The van der Waals surface area contributed by atoms with Gasteiger partial charge in [0.25, 0.3) is 0 Å². The van der Waals surface area contributed by atoms with E-state index in [4.69, 9.17) is 5.11 Å². The van der Waals surface area contributed by atoms with Gasteiger partial charge in [-0.15, -0.1) is 0 Å². The van der Waals surface area contributed by atoms with Crippen LogP contribution in [0.15, 0.2) is 0 Å². The van der Waals surface area contributed by atoms with E-state index in [0.29, 0.717) is 12.5 Å². The molecule has 84 valence electrons. The van der Waals surface area contributed by atoms with Crippen LogP contribution in [0.5, 0.6) is 0 Å². The van der Waals surface area contributed by atoms with Gasteiger partial charge in [-0.1, -0.05) is 19.3 Å². The summed E-state index contributed by atoms with van der Waals surface area (Å²) in [5, 5.41) is 8.01. The fourth-order valence-corrected chi connectivity index (χ4v) is 2.31. The van der Waals surface area contributed by atoms with Crippen LogP contribution in [0.2, 0.25) is 0 Å². The fourth-order valence-electron chi connectivity index (χ4n) is 1.43. The van der Waals surface area contributed by atoms with Crippen molar-refractivity contribution in [3.63, 3.8) is 0 Å². The van der Waals surface area contributed by atoms with Crippen molar-refractivity contribution < 1.29 is 13.5 Å². The zero-order valence-corrected chi connectivity index (χ0v) is 9.39. The van der Waals surface area contributed by atoms with Gasteiger partial charge in [0.1, 0.15) is 0 Å². The van der Waals surface area contributed by atoms with E-state index in [1.165, 1.54) is 26.2 Å². The summed E-state index contributed by atoms with van der Waals surface area (Å²) in [7, 11) is -3.29. The highest BCUT2D eigenvalue weighted by atomic mass is 32.2. The van der Waals surface area contributed by atoms with E-state index in [1.54, 1.807) is 0 Å². The molecule has 14 heavy (non-hydrogen) atoms. The lowest BCUT2D eigenvalue weighted by atomic mass is 9.83. The Labute approximate surface area is 85.8 Å². The summed E-state index contributed by atoms with van der Waals surface area (Å²) in [6.07, 6.45) is 4.68. The molecule has 0 saturated heterocycles. The van der Waals surface area contributed by atoms with Gasteiger partial charge in [-0.3, -0.25) is 0 Å². The molecule has 1 unspecified atom stereocenters. The molecular weight excluding hydrogens is 202 g/mol. The summed E-state index contributed by atoms with van der Waals surface area (Å²) in [6.45, 7) is 1.70. The molecule has 1 aliphatic rings. The van der Waals surface area contributed by atoms with Crippen molar-refractivity contribution in [1.82, 2.24) is 4.72 Å². The van der Waals surface area contributed by atoms with Crippen molar-refractivity contribution in [2.24, 2.45) is 5.92 Å². The van der Waals surface area contributed by atoms with Crippen LogP contribution in [0.25, 0.3) is 0 Å².